The van der Waals surface area contributed by atoms with Crippen molar-refractivity contribution in [1.82, 2.24) is 0 Å². The van der Waals surface area contributed by atoms with E-state index in [9.17, 15) is 0 Å². The fourth-order valence-electron chi connectivity index (χ4n) is 4.10. The predicted molar refractivity (Wildman–Crippen MR) is 48.4 cm³/mol. The minimum atomic E-state index is 0.623. The third kappa shape index (κ3) is 0.625. The van der Waals surface area contributed by atoms with E-state index in [0.29, 0.717) is 16.2 Å². The molecule has 2 aliphatic carbocycles. The van der Waals surface area contributed by atoms with Crippen molar-refractivity contribution in [1.29, 1.82) is 0 Å². The standard InChI is InChI=1S/C11H20/c1-9(2)6-7-11(5)8(9)10(11,3)4/h8H,6-7H2,1-5H3. The van der Waals surface area contributed by atoms with Crippen LogP contribution in [0.5, 0.6) is 0 Å². The zero-order valence-electron chi connectivity index (χ0n) is 8.49. The van der Waals surface area contributed by atoms with E-state index < -0.39 is 0 Å². The molecule has 0 nitrogen and oxygen atoms in total. The maximum Gasteiger partial charge on any atom is -0.0233 e. The van der Waals surface area contributed by atoms with Crippen molar-refractivity contribution in [3.63, 3.8) is 0 Å². The summed E-state index contributed by atoms with van der Waals surface area (Å²) in [4.78, 5) is 0. The topological polar surface area (TPSA) is 0 Å². The van der Waals surface area contributed by atoms with Gasteiger partial charge in [-0.05, 0) is 35.0 Å². The molecule has 0 aromatic rings. The Kier molecular flexibility index (Phi) is 1.06. The molecule has 0 heterocycles. The van der Waals surface area contributed by atoms with Crippen LogP contribution in [-0.4, -0.2) is 0 Å². The SMILES string of the molecule is CC1(C)CCC2(C)C1C2(C)C. The van der Waals surface area contributed by atoms with Crippen molar-refractivity contribution in [2.75, 3.05) is 0 Å². The molecule has 2 atom stereocenters. The quantitative estimate of drug-likeness (QED) is 0.498. The Morgan fingerprint density at radius 1 is 0.909 bits per heavy atom. The van der Waals surface area contributed by atoms with E-state index in [0.717, 1.165) is 5.92 Å². The molecule has 0 amide bonds. The highest BCUT2D eigenvalue weighted by atomic mass is 14.8. The molecule has 0 heteroatoms. The molecule has 0 radical (unpaired) electrons. The van der Waals surface area contributed by atoms with Gasteiger partial charge in [-0.15, -0.1) is 0 Å². The van der Waals surface area contributed by atoms with Gasteiger partial charge in [-0.3, -0.25) is 0 Å². The van der Waals surface area contributed by atoms with Gasteiger partial charge in [-0.2, -0.15) is 0 Å². The maximum atomic E-state index is 2.48. The summed E-state index contributed by atoms with van der Waals surface area (Å²) < 4.78 is 0. The van der Waals surface area contributed by atoms with E-state index in [-0.39, 0.29) is 0 Å². The molecule has 0 saturated heterocycles. The largest absolute Gasteiger partial charge is 0.0596 e. The molecule has 0 bridgehead atoms. The van der Waals surface area contributed by atoms with Crippen LogP contribution in [0.1, 0.15) is 47.5 Å². The summed E-state index contributed by atoms with van der Waals surface area (Å²) >= 11 is 0. The molecular formula is C11H20. The monoisotopic (exact) mass is 152 g/mol. The van der Waals surface area contributed by atoms with Crippen LogP contribution in [-0.2, 0) is 0 Å². The lowest BCUT2D eigenvalue weighted by atomic mass is 9.81. The molecule has 2 unspecified atom stereocenters. The first-order valence-corrected chi connectivity index (χ1v) is 4.82. The van der Waals surface area contributed by atoms with E-state index in [2.05, 4.69) is 34.6 Å². The summed E-state index contributed by atoms with van der Waals surface area (Å²) in [5.41, 5.74) is 1.95. The van der Waals surface area contributed by atoms with E-state index in [4.69, 9.17) is 0 Å². The Bertz CT molecular complexity index is 192. The summed E-state index contributed by atoms with van der Waals surface area (Å²) in [5, 5.41) is 0. The summed E-state index contributed by atoms with van der Waals surface area (Å²) in [6, 6.07) is 0. The van der Waals surface area contributed by atoms with E-state index in [1.165, 1.54) is 12.8 Å². The number of hydrogen-bond donors (Lipinski definition) is 0. The average Bonchev–Trinajstić information content (AvgIpc) is 2.06. The summed E-state index contributed by atoms with van der Waals surface area (Å²) in [5.74, 6) is 0.988. The van der Waals surface area contributed by atoms with Crippen LogP contribution >= 0.6 is 0 Å². The Labute approximate surface area is 70.4 Å². The van der Waals surface area contributed by atoms with Crippen LogP contribution < -0.4 is 0 Å². The van der Waals surface area contributed by atoms with Gasteiger partial charge >= 0.3 is 0 Å². The van der Waals surface area contributed by atoms with E-state index >= 15 is 0 Å². The average molecular weight is 152 g/mol. The van der Waals surface area contributed by atoms with Crippen LogP contribution in [0.15, 0.2) is 0 Å². The lowest BCUT2D eigenvalue weighted by Crippen LogP contribution is -2.15. The molecule has 2 aliphatic rings. The van der Waals surface area contributed by atoms with Gasteiger partial charge in [0.1, 0.15) is 0 Å². The molecular weight excluding hydrogens is 132 g/mol. The summed E-state index contributed by atoms with van der Waals surface area (Å²) in [6.07, 6.45) is 2.90. The first-order chi connectivity index (χ1) is 4.82. The summed E-state index contributed by atoms with van der Waals surface area (Å²) in [6.45, 7) is 12.2. The van der Waals surface area contributed by atoms with Gasteiger partial charge in [0.2, 0.25) is 0 Å². The van der Waals surface area contributed by atoms with Crippen LogP contribution in [0.4, 0.5) is 0 Å². The molecule has 2 rings (SSSR count). The second-order valence-corrected chi connectivity index (χ2v) is 6.06. The molecule has 64 valence electrons. The van der Waals surface area contributed by atoms with E-state index in [1.54, 1.807) is 0 Å². The van der Waals surface area contributed by atoms with E-state index in [1.807, 2.05) is 0 Å². The van der Waals surface area contributed by atoms with Gasteiger partial charge in [0.15, 0.2) is 0 Å². The van der Waals surface area contributed by atoms with Crippen LogP contribution in [0, 0.1) is 22.2 Å². The Balaban J connectivity index is 2.33. The zero-order valence-corrected chi connectivity index (χ0v) is 8.49. The van der Waals surface area contributed by atoms with Gasteiger partial charge in [-0.1, -0.05) is 34.6 Å². The third-order valence-corrected chi connectivity index (χ3v) is 4.82. The smallest absolute Gasteiger partial charge is 0.0233 e. The van der Waals surface area contributed by atoms with Crippen molar-refractivity contribution >= 4 is 0 Å². The predicted octanol–water partition coefficient (Wildman–Crippen LogP) is 3.47. The highest BCUT2D eigenvalue weighted by Crippen LogP contribution is 2.81. The summed E-state index contributed by atoms with van der Waals surface area (Å²) in [7, 11) is 0. The second kappa shape index (κ2) is 1.53. The highest BCUT2D eigenvalue weighted by molar-refractivity contribution is 5.22. The molecule has 0 aromatic carbocycles. The minimum absolute atomic E-state index is 0.623. The van der Waals surface area contributed by atoms with Crippen molar-refractivity contribution < 1.29 is 0 Å². The Hall–Kier alpha value is 0. The molecule has 0 aliphatic heterocycles. The second-order valence-electron chi connectivity index (χ2n) is 6.06. The molecule has 0 spiro atoms. The van der Waals surface area contributed by atoms with Gasteiger partial charge in [0.05, 0.1) is 0 Å². The van der Waals surface area contributed by atoms with Gasteiger partial charge < -0.3 is 0 Å². The normalized spacial score (nSPS) is 50.5. The van der Waals surface area contributed by atoms with Crippen LogP contribution in [0.2, 0.25) is 0 Å². The van der Waals surface area contributed by atoms with Crippen LogP contribution in [0.3, 0.4) is 0 Å². The van der Waals surface area contributed by atoms with Crippen molar-refractivity contribution in [3.05, 3.63) is 0 Å². The lowest BCUT2D eigenvalue weighted by molar-refractivity contribution is 0.256. The van der Waals surface area contributed by atoms with Crippen molar-refractivity contribution in [2.45, 2.75) is 47.5 Å². The molecule has 0 N–H and O–H groups in total. The Morgan fingerprint density at radius 2 is 1.45 bits per heavy atom. The van der Waals surface area contributed by atoms with Gasteiger partial charge in [-0.25, -0.2) is 0 Å². The molecule has 2 saturated carbocycles. The lowest BCUT2D eigenvalue weighted by Gasteiger charge is -2.24. The Morgan fingerprint density at radius 3 is 1.64 bits per heavy atom. The number of fused-ring (bicyclic) bond motifs is 1. The molecule has 2 fully saturated rings. The fourth-order valence-corrected chi connectivity index (χ4v) is 4.10. The third-order valence-electron chi connectivity index (χ3n) is 4.82. The van der Waals surface area contributed by atoms with Crippen molar-refractivity contribution in [3.8, 4) is 0 Å². The fraction of sp³-hybridized carbons (Fsp3) is 1.00. The van der Waals surface area contributed by atoms with Crippen molar-refractivity contribution in [2.24, 2.45) is 22.2 Å². The van der Waals surface area contributed by atoms with Gasteiger partial charge in [0, 0.05) is 0 Å². The van der Waals surface area contributed by atoms with Gasteiger partial charge in [0.25, 0.3) is 0 Å². The zero-order chi connectivity index (χ0) is 8.49. The maximum absolute atomic E-state index is 2.48. The first-order valence-electron chi connectivity index (χ1n) is 4.82. The van der Waals surface area contributed by atoms with Crippen LogP contribution in [0.25, 0.3) is 0 Å². The number of hydrogen-bond acceptors (Lipinski definition) is 0. The minimum Gasteiger partial charge on any atom is -0.0596 e. The molecule has 11 heavy (non-hydrogen) atoms. The highest BCUT2D eigenvalue weighted by Gasteiger charge is 2.74. The molecule has 0 aromatic heterocycles. The number of rotatable bonds is 0. The first kappa shape index (κ1) is 7.64.